The van der Waals surface area contributed by atoms with Gasteiger partial charge in [0.15, 0.2) is 0 Å². The van der Waals surface area contributed by atoms with Crippen LogP contribution >= 0.6 is 24.8 Å². The third-order valence-electron chi connectivity index (χ3n) is 0.249. The van der Waals surface area contributed by atoms with Crippen molar-refractivity contribution in [3.63, 3.8) is 0 Å². The Morgan fingerprint density at radius 2 is 1.70 bits per heavy atom. The van der Waals surface area contributed by atoms with E-state index in [9.17, 15) is 4.79 Å². The van der Waals surface area contributed by atoms with Gasteiger partial charge >= 0.3 is 5.97 Å². The molecular weight excluding hydrogens is 175 g/mol. The van der Waals surface area contributed by atoms with Crippen molar-refractivity contribution in [1.82, 2.24) is 0 Å². The highest BCUT2D eigenvalue weighted by atomic mass is 35.5. The number of esters is 1. The van der Waals surface area contributed by atoms with Gasteiger partial charge in [-0.15, -0.1) is 38.0 Å². The summed E-state index contributed by atoms with van der Waals surface area (Å²) in [7, 11) is 0. The number of carbonyl (C=O) groups is 1. The minimum atomic E-state index is -0.329. The van der Waals surface area contributed by atoms with E-state index in [1.54, 1.807) is 0 Å². The van der Waals surface area contributed by atoms with Crippen molar-refractivity contribution < 1.29 is 9.53 Å². The maximum atomic E-state index is 9.75. The van der Waals surface area contributed by atoms with Crippen LogP contribution in [0.1, 0.15) is 6.92 Å². The third kappa shape index (κ3) is 50.2. The maximum absolute atomic E-state index is 9.75. The van der Waals surface area contributed by atoms with E-state index in [2.05, 4.69) is 24.5 Å². The van der Waals surface area contributed by atoms with Crippen LogP contribution in [0, 0.1) is 0 Å². The minimum absolute atomic E-state index is 0. The molecule has 0 unspecified atom stereocenters. The molecule has 0 aliphatic rings. The molecule has 0 aromatic carbocycles. The van der Waals surface area contributed by atoms with Crippen LogP contribution in [0.5, 0.6) is 0 Å². The first kappa shape index (κ1) is 22.7. The molecule has 0 heterocycles. The predicted octanol–water partition coefficient (Wildman–Crippen LogP) is 2.34. The Balaban J connectivity index is -0.0000000412. The fourth-order valence-electron chi connectivity index (χ4n) is 0.117. The smallest absolute Gasteiger partial charge is 0.307 e. The molecule has 10 heavy (non-hydrogen) atoms. The normalized spacial score (nSPS) is 4.50. The van der Waals surface area contributed by atoms with Crippen LogP contribution in [0.4, 0.5) is 0 Å². The molecule has 0 rings (SSSR count). The SMILES string of the molecule is C=C.C=COC(C)=O.Cl.Cl. The summed E-state index contributed by atoms with van der Waals surface area (Å²) in [6.45, 7) is 10.5. The van der Waals surface area contributed by atoms with Crippen LogP contribution in [-0.2, 0) is 9.53 Å². The van der Waals surface area contributed by atoms with Gasteiger partial charge in [0.1, 0.15) is 0 Å². The first-order chi connectivity index (χ1) is 3.77. The fraction of sp³-hybridized carbons (Fsp3) is 0.167. The number of carbonyl (C=O) groups excluding carboxylic acids is 1. The van der Waals surface area contributed by atoms with Crippen LogP contribution in [0.2, 0.25) is 0 Å². The Bertz CT molecular complexity index is 83.8. The summed E-state index contributed by atoms with van der Waals surface area (Å²) in [5, 5.41) is 0. The van der Waals surface area contributed by atoms with Gasteiger partial charge in [0.2, 0.25) is 0 Å². The van der Waals surface area contributed by atoms with E-state index in [0.29, 0.717) is 0 Å². The lowest BCUT2D eigenvalue weighted by atomic mass is 10.8. The average molecular weight is 187 g/mol. The van der Waals surface area contributed by atoms with Gasteiger partial charge in [0.25, 0.3) is 0 Å². The Morgan fingerprint density at radius 3 is 1.70 bits per heavy atom. The molecule has 0 aliphatic carbocycles. The van der Waals surface area contributed by atoms with E-state index >= 15 is 0 Å². The monoisotopic (exact) mass is 186 g/mol. The van der Waals surface area contributed by atoms with Crippen LogP contribution in [0.3, 0.4) is 0 Å². The van der Waals surface area contributed by atoms with Crippen molar-refractivity contribution >= 4 is 30.8 Å². The fourth-order valence-corrected chi connectivity index (χ4v) is 0.117. The first-order valence-electron chi connectivity index (χ1n) is 2.05. The predicted molar refractivity (Wildman–Crippen MR) is 47.7 cm³/mol. The number of hydrogen-bond acceptors (Lipinski definition) is 2. The van der Waals surface area contributed by atoms with E-state index in [0.717, 1.165) is 6.26 Å². The largest absolute Gasteiger partial charge is 0.435 e. The Hall–Kier alpha value is -0.470. The van der Waals surface area contributed by atoms with Gasteiger partial charge in [0.05, 0.1) is 6.26 Å². The summed E-state index contributed by atoms with van der Waals surface area (Å²) in [6.07, 6.45) is 1.10. The van der Waals surface area contributed by atoms with Gasteiger partial charge in [-0.2, -0.15) is 0 Å². The molecule has 0 N–H and O–H groups in total. The zero-order valence-electron chi connectivity index (χ0n) is 5.83. The van der Waals surface area contributed by atoms with Crippen molar-refractivity contribution in [2.45, 2.75) is 6.92 Å². The Morgan fingerprint density at radius 1 is 1.40 bits per heavy atom. The first-order valence-corrected chi connectivity index (χ1v) is 2.05. The Kier molecular flexibility index (Phi) is 53.4. The van der Waals surface area contributed by atoms with E-state index in [1.807, 2.05) is 0 Å². The van der Waals surface area contributed by atoms with Crippen LogP contribution < -0.4 is 0 Å². The molecule has 0 bridgehead atoms. The molecule has 0 atom stereocenters. The van der Waals surface area contributed by atoms with Gasteiger partial charge in [-0.3, -0.25) is 4.79 Å². The highest BCUT2D eigenvalue weighted by Crippen LogP contribution is 1.70. The summed E-state index contributed by atoms with van der Waals surface area (Å²) < 4.78 is 4.17. The number of halogens is 2. The molecule has 0 aliphatic heterocycles. The van der Waals surface area contributed by atoms with Gasteiger partial charge in [-0.05, 0) is 0 Å². The van der Waals surface area contributed by atoms with Gasteiger partial charge in [-0.1, -0.05) is 6.58 Å². The van der Waals surface area contributed by atoms with E-state index in [4.69, 9.17) is 0 Å². The minimum Gasteiger partial charge on any atom is -0.435 e. The Labute approximate surface area is 73.8 Å². The van der Waals surface area contributed by atoms with Crippen molar-refractivity contribution in [3.05, 3.63) is 26.0 Å². The summed E-state index contributed by atoms with van der Waals surface area (Å²) in [5.41, 5.74) is 0. The second-order valence-corrected chi connectivity index (χ2v) is 0.776. The second kappa shape index (κ2) is 23.6. The molecule has 2 nitrogen and oxygen atoms in total. The van der Waals surface area contributed by atoms with E-state index < -0.39 is 0 Å². The van der Waals surface area contributed by atoms with Crippen molar-refractivity contribution in [2.24, 2.45) is 0 Å². The average Bonchev–Trinajstić information content (AvgIpc) is 1.72. The molecule has 0 saturated carbocycles. The molecular formula is C6H12Cl2O2. The van der Waals surface area contributed by atoms with Crippen LogP contribution in [-0.4, -0.2) is 5.97 Å². The molecule has 4 heteroatoms. The molecule has 0 spiro atoms. The van der Waals surface area contributed by atoms with Crippen molar-refractivity contribution in [2.75, 3.05) is 0 Å². The highest BCUT2D eigenvalue weighted by Gasteiger charge is 1.79. The molecule has 0 radical (unpaired) electrons. The third-order valence-corrected chi connectivity index (χ3v) is 0.249. The van der Waals surface area contributed by atoms with E-state index in [-0.39, 0.29) is 30.8 Å². The molecule has 62 valence electrons. The van der Waals surface area contributed by atoms with Crippen molar-refractivity contribution in [3.8, 4) is 0 Å². The molecule has 0 saturated heterocycles. The summed E-state index contributed by atoms with van der Waals surface area (Å²) in [4.78, 5) is 9.75. The van der Waals surface area contributed by atoms with Crippen LogP contribution in [0.25, 0.3) is 0 Å². The number of hydrogen-bond donors (Lipinski definition) is 0. The lowest BCUT2D eigenvalue weighted by molar-refractivity contribution is -0.135. The quantitative estimate of drug-likeness (QED) is 0.357. The lowest BCUT2D eigenvalue weighted by Gasteiger charge is -1.83. The zero-order chi connectivity index (χ0) is 6.99. The molecule has 0 aromatic heterocycles. The van der Waals surface area contributed by atoms with Gasteiger partial charge in [-0.25, -0.2) is 0 Å². The molecule has 0 fully saturated rings. The summed E-state index contributed by atoms with van der Waals surface area (Å²) in [5.74, 6) is -0.329. The number of rotatable bonds is 1. The summed E-state index contributed by atoms with van der Waals surface area (Å²) >= 11 is 0. The lowest BCUT2D eigenvalue weighted by Crippen LogP contribution is -1.87. The number of ether oxygens (including phenoxy) is 1. The zero-order valence-corrected chi connectivity index (χ0v) is 7.46. The molecule has 0 amide bonds. The van der Waals surface area contributed by atoms with Crippen LogP contribution in [0.15, 0.2) is 26.0 Å². The van der Waals surface area contributed by atoms with Crippen molar-refractivity contribution in [1.29, 1.82) is 0 Å². The summed E-state index contributed by atoms with van der Waals surface area (Å²) in [6, 6.07) is 0. The van der Waals surface area contributed by atoms with Gasteiger partial charge in [0, 0.05) is 6.92 Å². The highest BCUT2D eigenvalue weighted by molar-refractivity contribution is 5.85. The van der Waals surface area contributed by atoms with E-state index in [1.165, 1.54) is 6.92 Å². The van der Waals surface area contributed by atoms with Gasteiger partial charge < -0.3 is 4.74 Å². The topological polar surface area (TPSA) is 26.3 Å². The maximum Gasteiger partial charge on any atom is 0.307 e. The standard InChI is InChI=1S/C4H6O2.C2H4.2ClH/c1-3-6-4(2)5;1-2;;/h3H,1H2,2H3;1-2H2;2*1H. The second-order valence-electron chi connectivity index (χ2n) is 0.776. The molecule has 0 aromatic rings.